The summed E-state index contributed by atoms with van der Waals surface area (Å²) in [5.74, 6) is 0.768. The van der Waals surface area contributed by atoms with Crippen molar-refractivity contribution in [2.75, 3.05) is 6.79 Å². The fourth-order valence-electron chi connectivity index (χ4n) is 4.14. The SMILES string of the molecule is CCC(/C(=C/C(=O)O)c1ccc2c(c1)OCO2)n1nnc(CCCc2ccc3cccnc3n2)n1. The van der Waals surface area contributed by atoms with Gasteiger partial charge in [0.05, 0.1) is 6.04 Å². The first-order valence-electron chi connectivity index (χ1n) is 11.4. The molecule has 0 radical (unpaired) electrons. The average Bonchev–Trinajstić information content (AvgIpc) is 3.53. The lowest BCUT2D eigenvalue weighted by atomic mass is 9.96. The van der Waals surface area contributed by atoms with Crippen molar-refractivity contribution >= 4 is 22.6 Å². The van der Waals surface area contributed by atoms with Crippen molar-refractivity contribution in [2.45, 2.75) is 38.6 Å². The first-order valence-corrected chi connectivity index (χ1v) is 11.4. The highest BCUT2D eigenvalue weighted by atomic mass is 16.7. The highest BCUT2D eigenvalue weighted by Crippen LogP contribution is 2.37. The van der Waals surface area contributed by atoms with Gasteiger partial charge in [-0.2, -0.15) is 4.80 Å². The predicted octanol–water partition coefficient (Wildman–Crippen LogP) is 3.64. The number of pyridine rings is 2. The number of aryl methyl sites for hydroxylation is 2. The monoisotopic (exact) mass is 472 g/mol. The normalized spacial score (nSPS) is 13.8. The lowest BCUT2D eigenvalue weighted by molar-refractivity contribution is -0.131. The Kier molecular flexibility index (Phi) is 6.34. The minimum Gasteiger partial charge on any atom is -0.478 e. The molecule has 1 aliphatic rings. The Labute approximate surface area is 201 Å². The summed E-state index contributed by atoms with van der Waals surface area (Å²) in [5, 5.41) is 23.5. The maximum atomic E-state index is 11.6. The summed E-state index contributed by atoms with van der Waals surface area (Å²) in [4.78, 5) is 22.0. The molecule has 0 spiro atoms. The third-order valence-electron chi connectivity index (χ3n) is 5.83. The van der Waals surface area contributed by atoms with Gasteiger partial charge >= 0.3 is 5.97 Å². The van der Waals surface area contributed by atoms with Gasteiger partial charge in [0.2, 0.25) is 6.79 Å². The summed E-state index contributed by atoms with van der Waals surface area (Å²) in [5.41, 5.74) is 2.97. The molecule has 4 heterocycles. The number of nitrogens with zero attached hydrogens (tertiary/aromatic N) is 6. The van der Waals surface area contributed by atoms with Gasteiger partial charge in [-0.25, -0.2) is 14.8 Å². The van der Waals surface area contributed by atoms with E-state index in [0.29, 0.717) is 41.3 Å². The van der Waals surface area contributed by atoms with E-state index < -0.39 is 12.0 Å². The summed E-state index contributed by atoms with van der Waals surface area (Å²) in [6, 6.07) is 12.9. The second-order valence-corrected chi connectivity index (χ2v) is 8.16. The lowest BCUT2D eigenvalue weighted by Crippen LogP contribution is -2.15. The molecule has 3 aromatic heterocycles. The van der Waals surface area contributed by atoms with Gasteiger partial charge in [-0.15, -0.1) is 10.2 Å². The fraction of sp³-hybridized carbons (Fsp3) is 0.280. The molecule has 1 N–H and O–H groups in total. The quantitative estimate of drug-likeness (QED) is 0.363. The zero-order chi connectivity index (χ0) is 24.2. The molecule has 0 bridgehead atoms. The minimum atomic E-state index is -1.05. The second-order valence-electron chi connectivity index (χ2n) is 8.16. The van der Waals surface area contributed by atoms with Gasteiger partial charge in [0.1, 0.15) is 0 Å². The lowest BCUT2D eigenvalue weighted by Gasteiger charge is -2.18. The van der Waals surface area contributed by atoms with Crippen LogP contribution in [0.15, 0.2) is 54.7 Å². The molecule has 10 nitrogen and oxygen atoms in total. The van der Waals surface area contributed by atoms with E-state index in [1.54, 1.807) is 18.3 Å². The highest BCUT2D eigenvalue weighted by Gasteiger charge is 2.23. The Morgan fingerprint density at radius 2 is 2.06 bits per heavy atom. The largest absolute Gasteiger partial charge is 0.478 e. The second kappa shape index (κ2) is 9.88. The number of rotatable bonds is 9. The zero-order valence-electron chi connectivity index (χ0n) is 19.2. The Balaban J connectivity index is 1.30. The summed E-state index contributed by atoms with van der Waals surface area (Å²) < 4.78 is 10.8. The standard InChI is InChI=1S/C25H24N6O4/c1-2-20(19(14-24(32)33)17-9-11-21-22(13-17)35-15-34-21)31-29-23(28-30-31)7-3-6-18-10-8-16-5-4-12-26-25(16)27-18/h4-5,8-14,20H,2-3,6-7,15H2,1H3,(H,32,33)/b19-14+. The molecule has 1 unspecified atom stereocenters. The van der Waals surface area contributed by atoms with Crippen molar-refractivity contribution in [3.8, 4) is 11.5 Å². The number of hydrogen-bond acceptors (Lipinski definition) is 8. The van der Waals surface area contributed by atoms with E-state index in [1.165, 1.54) is 10.9 Å². The van der Waals surface area contributed by atoms with Gasteiger partial charge in [-0.05, 0) is 72.0 Å². The van der Waals surface area contributed by atoms with Crippen molar-refractivity contribution in [1.29, 1.82) is 0 Å². The molecule has 10 heteroatoms. The summed E-state index contributed by atoms with van der Waals surface area (Å²) in [6.45, 7) is 2.10. The van der Waals surface area contributed by atoms with Gasteiger partial charge < -0.3 is 14.6 Å². The minimum absolute atomic E-state index is 0.146. The topological polar surface area (TPSA) is 125 Å². The zero-order valence-corrected chi connectivity index (χ0v) is 19.2. The van der Waals surface area contributed by atoms with E-state index in [9.17, 15) is 9.90 Å². The molecule has 35 heavy (non-hydrogen) atoms. The Hall–Kier alpha value is -4.34. The van der Waals surface area contributed by atoms with E-state index in [2.05, 4.69) is 25.4 Å². The van der Waals surface area contributed by atoms with Gasteiger partial charge in [-0.1, -0.05) is 13.0 Å². The van der Waals surface area contributed by atoms with Crippen LogP contribution < -0.4 is 9.47 Å². The molecule has 0 amide bonds. The van der Waals surface area contributed by atoms with Crippen LogP contribution in [-0.4, -0.2) is 48.0 Å². The molecule has 4 aromatic rings. The van der Waals surface area contributed by atoms with Crippen molar-refractivity contribution in [2.24, 2.45) is 0 Å². The molecule has 5 rings (SSSR count). The van der Waals surface area contributed by atoms with Gasteiger partial charge in [0, 0.05) is 29.8 Å². The Morgan fingerprint density at radius 1 is 1.17 bits per heavy atom. The number of carbonyl (C=O) groups is 1. The van der Waals surface area contributed by atoms with Crippen molar-refractivity contribution in [1.82, 2.24) is 30.2 Å². The van der Waals surface area contributed by atoms with Crippen LogP contribution in [0.5, 0.6) is 11.5 Å². The number of tetrazole rings is 1. The van der Waals surface area contributed by atoms with Gasteiger partial charge in [0.25, 0.3) is 0 Å². The van der Waals surface area contributed by atoms with E-state index >= 15 is 0 Å². The molecule has 0 saturated carbocycles. The molecule has 0 aliphatic carbocycles. The molecule has 1 aromatic carbocycles. The van der Waals surface area contributed by atoms with E-state index in [4.69, 9.17) is 9.47 Å². The number of ether oxygens (including phenoxy) is 2. The van der Waals surface area contributed by atoms with Crippen LogP contribution in [-0.2, 0) is 17.6 Å². The predicted molar refractivity (Wildman–Crippen MR) is 127 cm³/mol. The highest BCUT2D eigenvalue weighted by molar-refractivity contribution is 5.91. The number of benzene rings is 1. The smallest absolute Gasteiger partial charge is 0.328 e. The Bertz CT molecular complexity index is 1400. The summed E-state index contributed by atoms with van der Waals surface area (Å²) in [7, 11) is 0. The van der Waals surface area contributed by atoms with E-state index in [-0.39, 0.29) is 6.79 Å². The summed E-state index contributed by atoms with van der Waals surface area (Å²) in [6.07, 6.45) is 5.70. The molecular formula is C25H24N6O4. The van der Waals surface area contributed by atoms with Crippen LogP contribution in [0.2, 0.25) is 0 Å². The van der Waals surface area contributed by atoms with Crippen LogP contribution in [0.4, 0.5) is 0 Å². The number of fused-ring (bicyclic) bond motifs is 2. The number of hydrogen-bond donors (Lipinski definition) is 1. The third kappa shape index (κ3) is 4.96. The van der Waals surface area contributed by atoms with Crippen LogP contribution in [0.1, 0.15) is 42.9 Å². The number of aliphatic carboxylic acids is 1. The average molecular weight is 473 g/mol. The maximum Gasteiger partial charge on any atom is 0.328 e. The van der Waals surface area contributed by atoms with Crippen molar-refractivity contribution in [3.05, 3.63) is 71.8 Å². The molecule has 0 saturated heterocycles. The molecule has 1 aliphatic heterocycles. The molecule has 0 fully saturated rings. The third-order valence-corrected chi connectivity index (χ3v) is 5.83. The van der Waals surface area contributed by atoms with Crippen molar-refractivity contribution in [3.63, 3.8) is 0 Å². The van der Waals surface area contributed by atoms with Gasteiger partial charge in [-0.3, -0.25) is 0 Å². The first kappa shape index (κ1) is 22.5. The van der Waals surface area contributed by atoms with Crippen molar-refractivity contribution < 1.29 is 19.4 Å². The molecule has 1 atom stereocenters. The van der Waals surface area contributed by atoms with Crippen LogP contribution in [0, 0.1) is 0 Å². The maximum absolute atomic E-state index is 11.6. The van der Waals surface area contributed by atoms with Gasteiger partial charge in [0.15, 0.2) is 23.0 Å². The molecule has 178 valence electrons. The first-order chi connectivity index (χ1) is 17.1. The number of carboxylic acids is 1. The fourth-order valence-corrected chi connectivity index (χ4v) is 4.14. The van der Waals surface area contributed by atoms with Crippen LogP contribution >= 0.6 is 0 Å². The van der Waals surface area contributed by atoms with Crippen LogP contribution in [0.25, 0.3) is 16.6 Å². The molecular weight excluding hydrogens is 448 g/mol. The van der Waals surface area contributed by atoms with E-state index in [0.717, 1.165) is 29.6 Å². The number of allylic oxidation sites excluding steroid dienone is 1. The van der Waals surface area contributed by atoms with Crippen LogP contribution in [0.3, 0.4) is 0 Å². The Morgan fingerprint density at radius 3 is 2.91 bits per heavy atom. The summed E-state index contributed by atoms with van der Waals surface area (Å²) >= 11 is 0. The van der Waals surface area contributed by atoms with E-state index in [1.807, 2.05) is 37.3 Å². The number of aromatic nitrogens is 6. The number of carboxylic acid groups (broad SMARTS) is 1.